The van der Waals surface area contributed by atoms with Crippen molar-refractivity contribution < 1.29 is 37.3 Å². The molecule has 1 spiro atoms. The van der Waals surface area contributed by atoms with Gasteiger partial charge in [0.05, 0.1) is 12.2 Å². The molecule has 3 aromatic rings. The van der Waals surface area contributed by atoms with Gasteiger partial charge >= 0.3 is 18.1 Å². The molecule has 1 aromatic heterocycles. The lowest BCUT2D eigenvalue weighted by molar-refractivity contribution is -0.198. The first-order valence-corrected chi connectivity index (χ1v) is 14.4. The number of esters is 1. The first-order chi connectivity index (χ1) is 20.9. The second kappa shape index (κ2) is 12.5. The van der Waals surface area contributed by atoms with Gasteiger partial charge in [-0.15, -0.1) is 0 Å². The Kier molecular flexibility index (Phi) is 8.89. The number of alkyl halides is 3. The highest BCUT2D eigenvalue weighted by Crippen LogP contribution is 2.43. The molecule has 10 nitrogen and oxygen atoms in total. The molecule has 14 heteroatoms. The molecule has 0 bridgehead atoms. The van der Waals surface area contributed by atoms with Crippen LogP contribution in [0.1, 0.15) is 48.2 Å². The number of hydrogen-bond acceptors (Lipinski definition) is 9. The van der Waals surface area contributed by atoms with Crippen LogP contribution in [0.3, 0.4) is 0 Å². The number of carboxylic acid groups (broad SMARTS) is 1. The van der Waals surface area contributed by atoms with E-state index in [1.54, 1.807) is 6.92 Å². The number of piperidine rings is 1. The summed E-state index contributed by atoms with van der Waals surface area (Å²) in [6.07, 6.45) is -5.28. The second-order valence-electron chi connectivity index (χ2n) is 11.0. The lowest BCUT2D eigenvalue weighted by Gasteiger charge is -2.39. The Balaban J connectivity index is 1.39. The standard InChI is InChI=1S/C30H31ClF3N5O5/c1-2-43-27(42)22-15-29(16-36-22)8-10-39(11-9-29)23-14-24(38-28(35)37-23)44-25(30(32,33)34)20-7-6-19(31)13-21(20)17-4-3-5-18(12-17)26(40)41/h3-7,12-14,22,25,36H,2,8-11,15-16H2,1H3,(H,40,41)(H2,35,37,38)/t22-,25+/m0/s1. The maximum Gasteiger partial charge on any atom is 0.429 e. The van der Waals surface area contributed by atoms with Crippen molar-refractivity contribution in [2.75, 3.05) is 36.9 Å². The van der Waals surface area contributed by atoms with Crippen LogP contribution in [-0.2, 0) is 9.53 Å². The zero-order valence-corrected chi connectivity index (χ0v) is 24.5. The number of ether oxygens (including phenoxy) is 2. The van der Waals surface area contributed by atoms with Gasteiger partial charge in [0.15, 0.2) is 0 Å². The zero-order chi connectivity index (χ0) is 31.6. The molecule has 4 N–H and O–H groups in total. The van der Waals surface area contributed by atoms with E-state index in [4.69, 9.17) is 26.8 Å². The quantitative estimate of drug-likeness (QED) is 0.281. The molecular weight excluding hydrogens is 603 g/mol. The van der Waals surface area contributed by atoms with Crippen LogP contribution in [0, 0.1) is 5.41 Å². The number of rotatable bonds is 8. The van der Waals surface area contributed by atoms with E-state index >= 15 is 0 Å². The fourth-order valence-corrected chi connectivity index (χ4v) is 6.00. The summed E-state index contributed by atoms with van der Waals surface area (Å²) >= 11 is 6.15. The number of halogens is 4. The molecule has 0 amide bonds. The third-order valence-electron chi connectivity index (χ3n) is 8.04. The third-order valence-corrected chi connectivity index (χ3v) is 8.28. The molecule has 2 saturated heterocycles. The topological polar surface area (TPSA) is 140 Å². The molecule has 0 radical (unpaired) electrons. The van der Waals surface area contributed by atoms with Crippen LogP contribution in [0.25, 0.3) is 11.1 Å². The molecule has 0 unspecified atom stereocenters. The molecule has 3 heterocycles. The SMILES string of the molecule is CCOC(=O)[C@@H]1CC2(CCN(c3cc(O[C@H](c4ccc(Cl)cc4-c4cccc(C(=O)O)c4)C(F)(F)F)nc(N)n3)CC2)CN1. The molecular formula is C30H31ClF3N5O5. The lowest BCUT2D eigenvalue weighted by atomic mass is 9.76. The van der Waals surface area contributed by atoms with E-state index in [1.807, 2.05) is 4.90 Å². The predicted molar refractivity (Wildman–Crippen MR) is 157 cm³/mol. The summed E-state index contributed by atoms with van der Waals surface area (Å²) in [5.74, 6) is -1.81. The van der Waals surface area contributed by atoms with E-state index < -0.39 is 18.2 Å². The van der Waals surface area contributed by atoms with Gasteiger partial charge in [0.2, 0.25) is 17.9 Å². The second-order valence-corrected chi connectivity index (χ2v) is 11.4. The molecule has 2 aliphatic heterocycles. The number of aromatic nitrogens is 2. The number of benzene rings is 2. The number of nitrogen functional groups attached to an aromatic ring is 1. The Labute approximate surface area is 256 Å². The predicted octanol–water partition coefficient (Wildman–Crippen LogP) is 5.27. The molecule has 2 fully saturated rings. The van der Waals surface area contributed by atoms with E-state index in [-0.39, 0.29) is 56.5 Å². The number of carboxylic acids is 1. The van der Waals surface area contributed by atoms with Crippen molar-refractivity contribution in [1.82, 2.24) is 15.3 Å². The largest absolute Gasteiger partial charge is 0.478 e. The van der Waals surface area contributed by atoms with Gasteiger partial charge in [0.1, 0.15) is 11.9 Å². The highest BCUT2D eigenvalue weighted by Gasteiger charge is 2.46. The summed E-state index contributed by atoms with van der Waals surface area (Å²) in [4.78, 5) is 33.8. The summed E-state index contributed by atoms with van der Waals surface area (Å²) in [7, 11) is 0. The fraction of sp³-hybridized carbons (Fsp3) is 0.400. The minimum absolute atomic E-state index is 0.0535. The molecule has 0 aliphatic carbocycles. The fourth-order valence-electron chi connectivity index (χ4n) is 5.82. The number of carbonyl (C=O) groups is 2. The van der Waals surface area contributed by atoms with Crippen LogP contribution in [-0.4, -0.2) is 65.5 Å². The Morgan fingerprint density at radius 2 is 1.93 bits per heavy atom. The number of nitrogens with one attached hydrogen (secondary N) is 1. The maximum absolute atomic E-state index is 14.6. The number of nitrogens with zero attached hydrogens (tertiary/aromatic N) is 3. The Morgan fingerprint density at radius 1 is 1.18 bits per heavy atom. The summed E-state index contributed by atoms with van der Waals surface area (Å²) < 4.78 is 54.4. The normalized spacial score (nSPS) is 18.7. The van der Waals surface area contributed by atoms with Gasteiger partial charge in [-0.3, -0.25) is 4.79 Å². The van der Waals surface area contributed by atoms with Crippen LogP contribution >= 0.6 is 11.6 Å². The van der Waals surface area contributed by atoms with Crippen molar-refractivity contribution in [3.63, 3.8) is 0 Å². The summed E-state index contributed by atoms with van der Waals surface area (Å²) in [5, 5.41) is 12.8. The average Bonchev–Trinajstić information content (AvgIpc) is 3.39. The molecule has 0 saturated carbocycles. The van der Waals surface area contributed by atoms with Crippen LogP contribution in [0.5, 0.6) is 5.88 Å². The van der Waals surface area contributed by atoms with Gasteiger partial charge in [0.25, 0.3) is 0 Å². The first-order valence-electron chi connectivity index (χ1n) is 14.0. The minimum Gasteiger partial charge on any atom is -0.478 e. The van der Waals surface area contributed by atoms with Crippen LogP contribution in [0.2, 0.25) is 5.02 Å². The van der Waals surface area contributed by atoms with E-state index in [0.717, 1.165) is 12.8 Å². The summed E-state index contributed by atoms with van der Waals surface area (Å²) in [5.41, 5.74) is 5.72. The molecule has 5 rings (SSSR count). The number of nitrogens with two attached hydrogens (primary N) is 1. The van der Waals surface area contributed by atoms with Gasteiger partial charge in [-0.05, 0) is 67.0 Å². The van der Waals surface area contributed by atoms with Crippen molar-refractivity contribution in [1.29, 1.82) is 0 Å². The molecule has 44 heavy (non-hydrogen) atoms. The van der Waals surface area contributed by atoms with E-state index in [0.29, 0.717) is 38.5 Å². The van der Waals surface area contributed by atoms with Gasteiger partial charge in [0, 0.05) is 36.3 Å². The Hall–Kier alpha value is -4.10. The van der Waals surface area contributed by atoms with Gasteiger partial charge in [-0.1, -0.05) is 29.8 Å². The van der Waals surface area contributed by atoms with E-state index in [2.05, 4.69) is 15.3 Å². The van der Waals surface area contributed by atoms with Crippen LogP contribution in [0.4, 0.5) is 24.9 Å². The van der Waals surface area contributed by atoms with Crippen molar-refractivity contribution in [2.24, 2.45) is 5.41 Å². The zero-order valence-electron chi connectivity index (χ0n) is 23.7. The molecule has 2 aliphatic rings. The Morgan fingerprint density at radius 3 is 2.61 bits per heavy atom. The number of hydrogen-bond donors (Lipinski definition) is 3. The highest BCUT2D eigenvalue weighted by atomic mass is 35.5. The monoisotopic (exact) mass is 633 g/mol. The van der Waals surface area contributed by atoms with Crippen LogP contribution < -0.4 is 20.7 Å². The smallest absolute Gasteiger partial charge is 0.429 e. The van der Waals surface area contributed by atoms with Gasteiger partial charge in [-0.2, -0.15) is 23.1 Å². The first kappa shape index (κ1) is 31.3. The molecule has 2 aromatic carbocycles. The minimum atomic E-state index is -4.89. The summed E-state index contributed by atoms with van der Waals surface area (Å²) in [6, 6.07) is 10.3. The van der Waals surface area contributed by atoms with Gasteiger partial charge < -0.3 is 30.5 Å². The van der Waals surface area contributed by atoms with Crippen molar-refractivity contribution in [3.05, 3.63) is 64.7 Å². The van der Waals surface area contributed by atoms with Crippen molar-refractivity contribution in [2.45, 2.75) is 44.5 Å². The van der Waals surface area contributed by atoms with Crippen molar-refractivity contribution in [3.8, 4) is 17.0 Å². The maximum atomic E-state index is 14.6. The van der Waals surface area contributed by atoms with Crippen LogP contribution in [0.15, 0.2) is 48.5 Å². The van der Waals surface area contributed by atoms with E-state index in [9.17, 15) is 27.9 Å². The molecule has 2 atom stereocenters. The molecule has 234 valence electrons. The van der Waals surface area contributed by atoms with E-state index in [1.165, 1.54) is 48.5 Å². The number of aromatic carboxylic acids is 1. The third kappa shape index (κ3) is 6.83. The van der Waals surface area contributed by atoms with Gasteiger partial charge in [-0.25, -0.2) is 4.79 Å². The lowest BCUT2D eigenvalue weighted by Crippen LogP contribution is -2.41. The number of carbonyl (C=O) groups excluding carboxylic acids is 1. The van der Waals surface area contributed by atoms with Crippen molar-refractivity contribution >= 4 is 35.3 Å². The number of anilines is 2. The summed E-state index contributed by atoms with van der Waals surface area (Å²) in [6.45, 7) is 3.81. The highest BCUT2D eigenvalue weighted by molar-refractivity contribution is 6.30. The Bertz CT molecular complexity index is 1550. The average molecular weight is 634 g/mol.